The summed E-state index contributed by atoms with van der Waals surface area (Å²) < 4.78 is 31.8. The number of amides is 1. The minimum atomic E-state index is -3.54. The molecule has 0 saturated carbocycles. The van der Waals surface area contributed by atoms with Crippen molar-refractivity contribution in [3.63, 3.8) is 0 Å². The van der Waals surface area contributed by atoms with E-state index in [-0.39, 0.29) is 28.2 Å². The zero-order chi connectivity index (χ0) is 20.4. The van der Waals surface area contributed by atoms with Crippen LogP contribution < -0.4 is 4.90 Å². The van der Waals surface area contributed by atoms with Crippen molar-refractivity contribution in [2.24, 2.45) is 0 Å². The van der Waals surface area contributed by atoms with E-state index in [4.69, 9.17) is 4.74 Å². The number of carbonyl (C=O) groups excluding carboxylic acids is 1. The van der Waals surface area contributed by atoms with Gasteiger partial charge in [-0.1, -0.05) is 42.5 Å². The molecule has 0 bridgehead atoms. The van der Waals surface area contributed by atoms with Gasteiger partial charge in [-0.25, -0.2) is 13.4 Å². The van der Waals surface area contributed by atoms with Crippen LogP contribution in [0, 0.1) is 0 Å². The first-order valence-electron chi connectivity index (χ1n) is 9.60. The van der Waals surface area contributed by atoms with E-state index in [1.807, 2.05) is 24.3 Å². The summed E-state index contributed by atoms with van der Waals surface area (Å²) in [5.74, 6) is -0.434. The molecule has 4 rings (SSSR count). The maximum Gasteiger partial charge on any atom is 0.261 e. The van der Waals surface area contributed by atoms with Crippen molar-refractivity contribution in [2.45, 2.75) is 30.8 Å². The van der Waals surface area contributed by atoms with E-state index in [1.54, 1.807) is 30.0 Å². The molecule has 0 radical (unpaired) electrons. The molecule has 1 saturated heterocycles. The van der Waals surface area contributed by atoms with Crippen molar-refractivity contribution >= 4 is 42.4 Å². The lowest BCUT2D eigenvalue weighted by Crippen LogP contribution is -2.38. The van der Waals surface area contributed by atoms with E-state index in [0.29, 0.717) is 18.3 Å². The number of fused-ring (bicyclic) bond motifs is 1. The first-order valence-corrected chi connectivity index (χ1v) is 12.1. The van der Waals surface area contributed by atoms with E-state index in [0.717, 1.165) is 23.1 Å². The van der Waals surface area contributed by atoms with E-state index in [1.165, 1.54) is 17.4 Å². The van der Waals surface area contributed by atoms with Crippen LogP contribution in [0.2, 0.25) is 0 Å². The summed E-state index contributed by atoms with van der Waals surface area (Å²) in [6.45, 7) is 2.60. The third kappa shape index (κ3) is 4.05. The molecule has 1 aromatic heterocycles. The van der Waals surface area contributed by atoms with Gasteiger partial charge in [-0.3, -0.25) is 9.69 Å². The smallest absolute Gasteiger partial charge is 0.261 e. The topological polar surface area (TPSA) is 76.6 Å². The predicted octanol–water partition coefficient (Wildman–Crippen LogP) is 3.92. The summed E-state index contributed by atoms with van der Waals surface area (Å²) in [4.78, 5) is 19.8. The second kappa shape index (κ2) is 8.22. The average Bonchev–Trinajstić information content (AvgIpc) is 3.41. The first kappa shape index (κ1) is 20.0. The molecule has 3 aromatic rings. The monoisotopic (exact) mass is 430 g/mol. The molecular formula is C21H22N2O4S2. The lowest BCUT2D eigenvalue weighted by Gasteiger charge is -2.24. The van der Waals surface area contributed by atoms with Crippen LogP contribution in [-0.2, 0) is 14.6 Å². The molecule has 0 N–H and O–H groups in total. The van der Waals surface area contributed by atoms with Crippen LogP contribution in [0.5, 0.6) is 0 Å². The van der Waals surface area contributed by atoms with Crippen molar-refractivity contribution in [1.29, 1.82) is 0 Å². The molecule has 1 amide bonds. The van der Waals surface area contributed by atoms with Crippen molar-refractivity contribution in [1.82, 2.24) is 4.98 Å². The van der Waals surface area contributed by atoms with Crippen LogP contribution in [0.15, 0.2) is 53.4 Å². The third-order valence-corrected chi connectivity index (χ3v) is 7.85. The summed E-state index contributed by atoms with van der Waals surface area (Å²) in [5.41, 5.74) is 0.985. The Bertz CT molecular complexity index is 1100. The fourth-order valence-electron chi connectivity index (χ4n) is 3.43. The van der Waals surface area contributed by atoms with Gasteiger partial charge in [0.2, 0.25) is 0 Å². The van der Waals surface area contributed by atoms with Gasteiger partial charge in [0.15, 0.2) is 15.0 Å². The zero-order valence-electron chi connectivity index (χ0n) is 16.1. The van der Waals surface area contributed by atoms with Gasteiger partial charge in [0.1, 0.15) is 0 Å². The molecule has 2 aromatic carbocycles. The number of benzene rings is 2. The molecule has 8 heteroatoms. The molecule has 29 heavy (non-hydrogen) atoms. The maximum atomic E-state index is 13.6. The second-order valence-corrected chi connectivity index (χ2v) is 10.2. The van der Waals surface area contributed by atoms with E-state index in [2.05, 4.69) is 4.98 Å². The molecule has 1 aliphatic rings. The minimum Gasteiger partial charge on any atom is -0.376 e. The number of hydrogen-bond acceptors (Lipinski definition) is 6. The van der Waals surface area contributed by atoms with Gasteiger partial charge in [0.25, 0.3) is 5.91 Å². The second-order valence-electron chi connectivity index (χ2n) is 6.91. The van der Waals surface area contributed by atoms with Crippen molar-refractivity contribution < 1.29 is 17.9 Å². The van der Waals surface area contributed by atoms with Crippen molar-refractivity contribution in [2.75, 3.05) is 23.8 Å². The third-order valence-electron chi connectivity index (χ3n) is 5.00. The van der Waals surface area contributed by atoms with Crippen LogP contribution in [0.4, 0.5) is 5.13 Å². The molecule has 1 aliphatic heterocycles. The number of rotatable bonds is 6. The van der Waals surface area contributed by atoms with E-state index in [9.17, 15) is 13.2 Å². The Hall–Kier alpha value is -2.29. The molecule has 6 nitrogen and oxygen atoms in total. The van der Waals surface area contributed by atoms with Gasteiger partial charge in [0, 0.05) is 6.61 Å². The van der Waals surface area contributed by atoms with Gasteiger partial charge < -0.3 is 4.74 Å². The van der Waals surface area contributed by atoms with Gasteiger partial charge in [-0.15, -0.1) is 0 Å². The number of nitrogens with zero attached hydrogens (tertiary/aromatic N) is 2. The van der Waals surface area contributed by atoms with Crippen LogP contribution in [-0.4, -0.2) is 44.3 Å². The molecule has 0 spiro atoms. The molecule has 152 valence electrons. The quantitative estimate of drug-likeness (QED) is 0.592. The standard InChI is InChI=1S/C21H22N2O4S2/c1-2-29(25,26)19-12-6-3-9-16(19)20(24)23(14-15-8-7-13-27-15)21-22-17-10-4-5-11-18(17)28-21/h3-6,9-12,15H,2,7-8,13-14H2,1H3. The number of aromatic nitrogens is 1. The highest BCUT2D eigenvalue weighted by Crippen LogP contribution is 2.31. The number of ether oxygens (including phenoxy) is 1. The molecule has 1 unspecified atom stereocenters. The van der Waals surface area contributed by atoms with E-state index >= 15 is 0 Å². The number of thiazole rings is 1. The number of sulfone groups is 1. The summed E-state index contributed by atoms with van der Waals surface area (Å²) in [5, 5.41) is 0.551. The summed E-state index contributed by atoms with van der Waals surface area (Å²) in [7, 11) is -3.54. The lowest BCUT2D eigenvalue weighted by atomic mass is 10.1. The zero-order valence-corrected chi connectivity index (χ0v) is 17.7. The Morgan fingerprint density at radius 2 is 1.97 bits per heavy atom. The maximum absolute atomic E-state index is 13.6. The first-order chi connectivity index (χ1) is 14.0. The highest BCUT2D eigenvalue weighted by Gasteiger charge is 2.30. The van der Waals surface area contributed by atoms with Crippen LogP contribution in [0.25, 0.3) is 10.2 Å². The Morgan fingerprint density at radius 1 is 1.21 bits per heavy atom. The number of anilines is 1. The van der Waals surface area contributed by atoms with Gasteiger partial charge in [-0.2, -0.15) is 0 Å². The Kier molecular flexibility index (Phi) is 5.67. The largest absolute Gasteiger partial charge is 0.376 e. The van der Waals surface area contributed by atoms with Crippen molar-refractivity contribution in [3.8, 4) is 0 Å². The van der Waals surface area contributed by atoms with Crippen LogP contribution in [0.1, 0.15) is 30.1 Å². The average molecular weight is 431 g/mol. The van der Waals surface area contributed by atoms with E-state index < -0.39 is 9.84 Å². The number of para-hydroxylation sites is 1. The molecule has 1 atom stereocenters. The Morgan fingerprint density at radius 3 is 2.69 bits per heavy atom. The normalized spacial score (nSPS) is 16.9. The van der Waals surface area contributed by atoms with Gasteiger partial charge in [0.05, 0.1) is 39.1 Å². The molecule has 1 fully saturated rings. The lowest BCUT2D eigenvalue weighted by molar-refractivity contribution is 0.0915. The van der Waals surface area contributed by atoms with Crippen molar-refractivity contribution in [3.05, 3.63) is 54.1 Å². The summed E-state index contributed by atoms with van der Waals surface area (Å²) in [6.07, 6.45) is 1.73. The summed E-state index contributed by atoms with van der Waals surface area (Å²) >= 11 is 1.42. The fraction of sp³-hybridized carbons (Fsp3) is 0.333. The molecule has 0 aliphatic carbocycles. The fourth-order valence-corrected chi connectivity index (χ4v) is 5.49. The SMILES string of the molecule is CCS(=O)(=O)c1ccccc1C(=O)N(CC1CCCO1)c1nc2ccccc2s1. The Labute approximate surface area is 174 Å². The number of carbonyl (C=O) groups is 1. The summed E-state index contributed by atoms with van der Waals surface area (Å²) in [6, 6.07) is 14.1. The molecular weight excluding hydrogens is 408 g/mol. The highest BCUT2D eigenvalue weighted by atomic mass is 32.2. The molecule has 2 heterocycles. The Balaban J connectivity index is 1.78. The van der Waals surface area contributed by atoms with Crippen LogP contribution in [0.3, 0.4) is 0 Å². The minimum absolute atomic E-state index is 0.0611. The predicted molar refractivity (Wildman–Crippen MR) is 114 cm³/mol. The van der Waals surface area contributed by atoms with Crippen LogP contribution >= 0.6 is 11.3 Å². The van der Waals surface area contributed by atoms with Gasteiger partial charge >= 0.3 is 0 Å². The van der Waals surface area contributed by atoms with Gasteiger partial charge in [-0.05, 0) is 37.1 Å². The highest BCUT2D eigenvalue weighted by molar-refractivity contribution is 7.91. The number of hydrogen-bond donors (Lipinski definition) is 0.